The predicted octanol–water partition coefficient (Wildman–Crippen LogP) is 2.72. The van der Waals surface area contributed by atoms with Crippen LogP contribution in [-0.4, -0.2) is 28.1 Å². The number of cyclic esters (lactones) is 1. The van der Waals surface area contributed by atoms with Crippen molar-refractivity contribution >= 4 is 34.5 Å². The van der Waals surface area contributed by atoms with E-state index in [1.807, 2.05) is 6.92 Å². The molecule has 0 aromatic carbocycles. The third-order valence-corrected chi connectivity index (χ3v) is 5.80. The molecule has 4 nitrogen and oxygen atoms in total. The van der Waals surface area contributed by atoms with E-state index in [4.69, 9.17) is 9.47 Å². The number of hydrogen-bond acceptors (Lipinski definition) is 4. The monoisotopic (exact) mass is 380 g/mol. The van der Waals surface area contributed by atoms with Crippen LogP contribution in [0.3, 0.4) is 0 Å². The Kier molecular flexibility index (Phi) is 4.14. The molecule has 19 heavy (non-hydrogen) atoms. The van der Waals surface area contributed by atoms with Gasteiger partial charge in [-0.1, -0.05) is 43.4 Å². The molecular weight excluding hydrogens is 359 g/mol. The van der Waals surface area contributed by atoms with Crippen LogP contribution in [0.1, 0.15) is 40.5 Å². The van der Waals surface area contributed by atoms with Crippen molar-refractivity contribution in [1.29, 1.82) is 0 Å². The summed E-state index contributed by atoms with van der Waals surface area (Å²) in [6.45, 7) is 8.10. The molecule has 5 heteroatoms. The Morgan fingerprint density at radius 1 is 1.53 bits per heavy atom. The second-order valence-corrected chi connectivity index (χ2v) is 7.71. The molecule has 2 fully saturated rings. The van der Waals surface area contributed by atoms with Crippen LogP contribution in [0.2, 0.25) is 0 Å². The summed E-state index contributed by atoms with van der Waals surface area (Å²) >= 11 is 2.12. The third-order valence-electron chi connectivity index (χ3n) is 4.14. The summed E-state index contributed by atoms with van der Waals surface area (Å²) in [4.78, 5) is 24.1. The van der Waals surface area contributed by atoms with E-state index in [-0.39, 0.29) is 21.4 Å². The van der Waals surface area contributed by atoms with E-state index < -0.39 is 12.1 Å². The molecule has 1 heterocycles. The normalized spacial score (nSPS) is 41.3. The summed E-state index contributed by atoms with van der Waals surface area (Å²) in [5.74, 6) is 0.173. The lowest BCUT2D eigenvalue weighted by Crippen LogP contribution is -2.34. The average molecular weight is 380 g/mol. The van der Waals surface area contributed by atoms with Gasteiger partial charge < -0.3 is 9.47 Å². The number of rotatable bonds is 4. The second kappa shape index (κ2) is 5.22. The second-order valence-electron chi connectivity index (χ2n) is 6.27. The highest BCUT2D eigenvalue weighted by atomic mass is 127. The van der Waals surface area contributed by atoms with Crippen LogP contribution in [0.25, 0.3) is 0 Å². The molecule has 1 aliphatic heterocycles. The lowest BCUT2D eigenvalue weighted by molar-refractivity contribution is -0.165. The Hall–Kier alpha value is -0.330. The average Bonchev–Trinajstić information content (AvgIpc) is 2.87. The zero-order valence-corrected chi connectivity index (χ0v) is 14.0. The fraction of sp³-hybridized carbons (Fsp3) is 0.857. The smallest absolute Gasteiger partial charge is 0.349 e. The number of carbonyl (C=O) groups is 2. The van der Waals surface area contributed by atoms with Crippen LogP contribution in [0, 0.1) is 17.3 Å². The van der Waals surface area contributed by atoms with Gasteiger partial charge in [0, 0.05) is 0 Å². The molecule has 0 bridgehead atoms. The van der Waals surface area contributed by atoms with Crippen molar-refractivity contribution < 1.29 is 19.1 Å². The number of alkyl halides is 1. The lowest BCUT2D eigenvalue weighted by Gasteiger charge is -2.20. The highest BCUT2D eigenvalue weighted by molar-refractivity contribution is 14.1. The Morgan fingerprint density at radius 3 is 2.47 bits per heavy atom. The standard InChI is InChI=1S/C14H21IO4/c1-7(2)5-14(6-8(14)3)13(17)19-11-10(15)9(4)18-12(11)16/h7-11H,5-6H2,1-4H3. The summed E-state index contributed by atoms with van der Waals surface area (Å²) in [5, 5.41) is 0. The SMILES string of the molecule is CC(C)CC1(C(=O)OC2C(=O)OC(C)C2I)CC1C. The van der Waals surface area contributed by atoms with E-state index in [9.17, 15) is 9.59 Å². The zero-order valence-electron chi connectivity index (χ0n) is 11.8. The maximum atomic E-state index is 12.4. The van der Waals surface area contributed by atoms with E-state index in [1.165, 1.54) is 0 Å². The molecule has 5 unspecified atom stereocenters. The van der Waals surface area contributed by atoms with E-state index in [2.05, 4.69) is 43.4 Å². The number of carbonyl (C=O) groups excluding carboxylic acids is 2. The summed E-state index contributed by atoms with van der Waals surface area (Å²) in [6, 6.07) is 0. The minimum atomic E-state index is -0.736. The van der Waals surface area contributed by atoms with Crippen molar-refractivity contribution in [2.45, 2.75) is 56.7 Å². The number of hydrogen-bond donors (Lipinski definition) is 0. The molecule has 0 radical (unpaired) electrons. The summed E-state index contributed by atoms with van der Waals surface area (Å²) in [5.41, 5.74) is -0.364. The van der Waals surface area contributed by atoms with Crippen molar-refractivity contribution in [3.8, 4) is 0 Å². The largest absolute Gasteiger partial charge is 0.459 e. The topological polar surface area (TPSA) is 52.6 Å². The molecule has 1 saturated carbocycles. The molecule has 2 aliphatic rings. The van der Waals surface area contributed by atoms with Crippen molar-refractivity contribution in [2.75, 3.05) is 0 Å². The lowest BCUT2D eigenvalue weighted by atomic mass is 9.92. The molecule has 0 amide bonds. The van der Waals surface area contributed by atoms with Crippen LogP contribution < -0.4 is 0 Å². The molecule has 108 valence electrons. The first-order valence-corrected chi connectivity index (χ1v) is 8.08. The van der Waals surface area contributed by atoms with Crippen LogP contribution >= 0.6 is 22.6 Å². The first-order valence-electron chi connectivity index (χ1n) is 6.83. The van der Waals surface area contributed by atoms with Gasteiger partial charge in [-0.25, -0.2) is 4.79 Å². The Balaban J connectivity index is 2.03. The van der Waals surface area contributed by atoms with Crippen LogP contribution in [-0.2, 0) is 19.1 Å². The molecule has 1 aliphatic carbocycles. The van der Waals surface area contributed by atoms with Crippen molar-refractivity contribution in [3.05, 3.63) is 0 Å². The first-order chi connectivity index (χ1) is 8.78. The maximum absolute atomic E-state index is 12.4. The fourth-order valence-corrected chi connectivity index (χ4v) is 3.49. The molecule has 0 aromatic heterocycles. The molecule has 0 N–H and O–H groups in total. The van der Waals surface area contributed by atoms with Gasteiger partial charge in [-0.05, 0) is 31.6 Å². The van der Waals surface area contributed by atoms with Gasteiger partial charge in [0.15, 0.2) is 0 Å². The zero-order chi connectivity index (χ0) is 14.4. The first kappa shape index (κ1) is 15.1. The van der Waals surface area contributed by atoms with Crippen molar-refractivity contribution in [1.82, 2.24) is 0 Å². The highest BCUT2D eigenvalue weighted by Crippen LogP contribution is 2.57. The molecular formula is C14H21IO4. The fourth-order valence-electron chi connectivity index (χ4n) is 2.91. The van der Waals surface area contributed by atoms with E-state index in [0.29, 0.717) is 11.8 Å². The number of ether oxygens (including phenoxy) is 2. The predicted molar refractivity (Wildman–Crippen MR) is 78.9 cm³/mol. The quantitative estimate of drug-likeness (QED) is 0.428. The summed E-state index contributed by atoms with van der Waals surface area (Å²) in [7, 11) is 0. The molecule has 1 saturated heterocycles. The van der Waals surface area contributed by atoms with Gasteiger partial charge in [0.1, 0.15) is 6.10 Å². The van der Waals surface area contributed by atoms with Gasteiger partial charge in [-0.2, -0.15) is 0 Å². The van der Waals surface area contributed by atoms with E-state index >= 15 is 0 Å². The van der Waals surface area contributed by atoms with Gasteiger partial charge >= 0.3 is 11.9 Å². The molecule has 2 rings (SSSR count). The van der Waals surface area contributed by atoms with Gasteiger partial charge in [0.25, 0.3) is 0 Å². The third kappa shape index (κ3) is 2.76. The molecule has 5 atom stereocenters. The van der Waals surface area contributed by atoms with Crippen molar-refractivity contribution in [3.63, 3.8) is 0 Å². The molecule has 0 spiro atoms. The van der Waals surface area contributed by atoms with Gasteiger partial charge in [0.05, 0.1) is 9.34 Å². The van der Waals surface area contributed by atoms with E-state index in [1.54, 1.807) is 0 Å². The Morgan fingerprint density at radius 2 is 2.11 bits per heavy atom. The van der Waals surface area contributed by atoms with Gasteiger partial charge in [-0.3, -0.25) is 4.79 Å². The number of halogens is 1. The summed E-state index contributed by atoms with van der Waals surface area (Å²) in [6.07, 6.45) is 0.771. The van der Waals surface area contributed by atoms with E-state index in [0.717, 1.165) is 12.8 Å². The van der Waals surface area contributed by atoms with Crippen molar-refractivity contribution in [2.24, 2.45) is 17.3 Å². The summed E-state index contributed by atoms with van der Waals surface area (Å²) < 4.78 is 10.5. The van der Waals surface area contributed by atoms with Gasteiger partial charge in [0.2, 0.25) is 6.10 Å². The van der Waals surface area contributed by atoms with Crippen LogP contribution in [0.5, 0.6) is 0 Å². The minimum Gasteiger partial charge on any atom is -0.459 e. The van der Waals surface area contributed by atoms with Crippen LogP contribution in [0.15, 0.2) is 0 Å². The Bertz CT molecular complexity index is 395. The van der Waals surface area contributed by atoms with Crippen LogP contribution in [0.4, 0.5) is 0 Å². The highest BCUT2D eigenvalue weighted by Gasteiger charge is 2.59. The minimum absolute atomic E-state index is 0.0980. The maximum Gasteiger partial charge on any atom is 0.349 e. The van der Waals surface area contributed by atoms with Gasteiger partial charge in [-0.15, -0.1) is 0 Å². The molecule has 0 aromatic rings. The number of esters is 2. The Labute approximate surface area is 127 Å².